The van der Waals surface area contributed by atoms with Gasteiger partial charge in [-0.2, -0.15) is 0 Å². The van der Waals surface area contributed by atoms with E-state index < -0.39 is 0 Å². The van der Waals surface area contributed by atoms with E-state index in [9.17, 15) is 0 Å². The number of hydrogen-bond acceptors (Lipinski definition) is 3. The molecule has 1 fully saturated rings. The summed E-state index contributed by atoms with van der Waals surface area (Å²) in [5.74, 6) is 1.16. The minimum Gasteiger partial charge on any atom is -0.338 e. The molecule has 0 atom stereocenters. The number of nitrogens with zero attached hydrogens (tertiary/aromatic N) is 3. The Morgan fingerprint density at radius 3 is 2.82 bits per heavy atom. The van der Waals surface area contributed by atoms with Crippen molar-refractivity contribution >= 4 is 0 Å². The van der Waals surface area contributed by atoms with Crippen LogP contribution in [0, 0.1) is 0 Å². The molecule has 0 amide bonds. The lowest BCUT2D eigenvalue weighted by Crippen LogP contribution is -2.26. The smallest absolute Gasteiger partial charge is 0.109 e. The highest BCUT2D eigenvalue weighted by molar-refractivity contribution is 4.91. The summed E-state index contributed by atoms with van der Waals surface area (Å²) in [4.78, 5) is 6.88. The van der Waals surface area contributed by atoms with Gasteiger partial charge < -0.3 is 14.8 Å². The van der Waals surface area contributed by atoms with Crippen LogP contribution in [0.1, 0.15) is 25.1 Å². The summed E-state index contributed by atoms with van der Waals surface area (Å²) in [5.41, 5.74) is 0. The van der Waals surface area contributed by atoms with Gasteiger partial charge in [0, 0.05) is 32.4 Å². The zero-order valence-electron chi connectivity index (χ0n) is 10.9. The Kier molecular flexibility index (Phi) is 5.01. The van der Waals surface area contributed by atoms with Crippen molar-refractivity contribution in [3.05, 3.63) is 18.2 Å². The molecule has 0 spiro atoms. The van der Waals surface area contributed by atoms with Gasteiger partial charge in [-0.25, -0.2) is 4.98 Å². The lowest BCUT2D eigenvalue weighted by Gasteiger charge is -2.14. The summed E-state index contributed by atoms with van der Waals surface area (Å²) in [6, 6.07) is 0. The molecule has 17 heavy (non-hydrogen) atoms. The van der Waals surface area contributed by atoms with Crippen molar-refractivity contribution in [2.45, 2.75) is 25.7 Å². The molecule has 1 aromatic rings. The number of aryl methyl sites for hydroxylation is 1. The molecular weight excluding hydrogens is 212 g/mol. The molecule has 2 rings (SSSR count). The van der Waals surface area contributed by atoms with E-state index in [1.54, 1.807) is 0 Å². The third-order valence-corrected chi connectivity index (χ3v) is 3.47. The number of nitrogens with one attached hydrogen (secondary N) is 1. The molecule has 1 N–H and O–H groups in total. The summed E-state index contributed by atoms with van der Waals surface area (Å²) in [5, 5.41) is 3.49. The van der Waals surface area contributed by atoms with Crippen molar-refractivity contribution in [1.82, 2.24) is 19.8 Å². The molecule has 2 heterocycles. The first-order valence-electron chi connectivity index (χ1n) is 6.75. The third kappa shape index (κ3) is 4.13. The topological polar surface area (TPSA) is 33.1 Å². The Balaban J connectivity index is 1.47. The quantitative estimate of drug-likeness (QED) is 0.718. The van der Waals surface area contributed by atoms with Gasteiger partial charge in [0.05, 0.1) is 0 Å². The normalized spacial score (nSPS) is 16.8. The molecule has 0 bridgehead atoms. The van der Waals surface area contributed by atoms with Crippen molar-refractivity contribution in [2.24, 2.45) is 7.05 Å². The molecule has 0 aromatic carbocycles. The van der Waals surface area contributed by atoms with Crippen molar-refractivity contribution in [1.29, 1.82) is 0 Å². The van der Waals surface area contributed by atoms with Gasteiger partial charge in [-0.3, -0.25) is 0 Å². The van der Waals surface area contributed by atoms with Gasteiger partial charge in [-0.15, -0.1) is 0 Å². The first-order valence-corrected chi connectivity index (χ1v) is 6.75. The van der Waals surface area contributed by atoms with Crippen molar-refractivity contribution in [2.75, 3.05) is 32.7 Å². The molecule has 0 saturated carbocycles. The van der Waals surface area contributed by atoms with Crippen LogP contribution >= 0.6 is 0 Å². The molecule has 0 unspecified atom stereocenters. The van der Waals surface area contributed by atoms with E-state index in [4.69, 9.17) is 0 Å². The molecular formula is C13H24N4. The highest BCUT2D eigenvalue weighted by Gasteiger charge is 2.09. The van der Waals surface area contributed by atoms with Crippen molar-refractivity contribution in [3.63, 3.8) is 0 Å². The fourth-order valence-electron chi connectivity index (χ4n) is 2.40. The molecule has 1 saturated heterocycles. The van der Waals surface area contributed by atoms with Gasteiger partial charge in [0.1, 0.15) is 5.82 Å². The minimum absolute atomic E-state index is 1.02. The predicted molar refractivity (Wildman–Crippen MR) is 70.1 cm³/mol. The van der Waals surface area contributed by atoms with E-state index >= 15 is 0 Å². The molecule has 1 aliphatic rings. The number of rotatable bonds is 7. The fraction of sp³-hybridized carbons (Fsp3) is 0.769. The zero-order chi connectivity index (χ0) is 11.9. The Bertz CT molecular complexity index is 315. The summed E-state index contributed by atoms with van der Waals surface area (Å²) in [6.07, 6.45) is 8.94. The van der Waals surface area contributed by atoms with Gasteiger partial charge in [0.25, 0.3) is 0 Å². The van der Waals surface area contributed by atoms with E-state index in [0.29, 0.717) is 0 Å². The van der Waals surface area contributed by atoms with Crippen LogP contribution in [-0.4, -0.2) is 47.2 Å². The third-order valence-electron chi connectivity index (χ3n) is 3.47. The number of hydrogen-bond donors (Lipinski definition) is 1. The van der Waals surface area contributed by atoms with Gasteiger partial charge in [-0.05, 0) is 45.4 Å². The van der Waals surface area contributed by atoms with Gasteiger partial charge in [0.2, 0.25) is 0 Å². The minimum atomic E-state index is 1.02. The first-order chi connectivity index (χ1) is 8.36. The summed E-state index contributed by atoms with van der Waals surface area (Å²) in [7, 11) is 2.05. The van der Waals surface area contributed by atoms with Gasteiger partial charge in [-0.1, -0.05) is 0 Å². The van der Waals surface area contributed by atoms with Crippen LogP contribution < -0.4 is 5.32 Å². The maximum Gasteiger partial charge on any atom is 0.109 e. The van der Waals surface area contributed by atoms with Crippen LogP contribution in [0.15, 0.2) is 12.4 Å². The van der Waals surface area contributed by atoms with Crippen molar-refractivity contribution in [3.8, 4) is 0 Å². The Morgan fingerprint density at radius 2 is 2.12 bits per heavy atom. The van der Waals surface area contributed by atoms with Gasteiger partial charge >= 0.3 is 0 Å². The van der Waals surface area contributed by atoms with Crippen LogP contribution in [0.5, 0.6) is 0 Å². The molecule has 0 radical (unpaired) electrons. The van der Waals surface area contributed by atoms with E-state index in [1.165, 1.54) is 38.9 Å². The standard InChI is InChI=1S/C13H24N4/c1-16-12-8-15-13(16)5-7-14-6-4-11-17-9-2-3-10-17/h8,12,14H,2-7,9-11H2,1H3. The molecule has 4 nitrogen and oxygen atoms in total. The number of imidazole rings is 1. The maximum absolute atomic E-state index is 4.31. The zero-order valence-corrected chi connectivity index (χ0v) is 10.9. The largest absolute Gasteiger partial charge is 0.338 e. The second-order valence-corrected chi connectivity index (χ2v) is 4.86. The van der Waals surface area contributed by atoms with E-state index in [1.807, 2.05) is 12.4 Å². The molecule has 1 aliphatic heterocycles. The monoisotopic (exact) mass is 236 g/mol. The lowest BCUT2D eigenvalue weighted by atomic mass is 10.3. The second kappa shape index (κ2) is 6.77. The predicted octanol–water partition coefficient (Wildman–Crippen LogP) is 1.04. The van der Waals surface area contributed by atoms with Crippen LogP contribution in [0.2, 0.25) is 0 Å². The Labute approximate surface area is 104 Å². The maximum atomic E-state index is 4.31. The van der Waals surface area contributed by atoms with Crippen molar-refractivity contribution < 1.29 is 0 Å². The van der Waals surface area contributed by atoms with Gasteiger partial charge in [0.15, 0.2) is 0 Å². The summed E-state index contributed by atoms with van der Waals surface area (Å²) >= 11 is 0. The lowest BCUT2D eigenvalue weighted by molar-refractivity contribution is 0.331. The number of aromatic nitrogens is 2. The highest BCUT2D eigenvalue weighted by Crippen LogP contribution is 2.06. The van der Waals surface area contributed by atoms with Crippen LogP contribution in [0.3, 0.4) is 0 Å². The fourth-order valence-corrected chi connectivity index (χ4v) is 2.40. The Morgan fingerprint density at radius 1 is 1.29 bits per heavy atom. The van der Waals surface area contributed by atoms with E-state index in [2.05, 4.69) is 26.8 Å². The van der Waals surface area contributed by atoms with Crippen LogP contribution in [0.25, 0.3) is 0 Å². The average Bonchev–Trinajstić information content (AvgIpc) is 2.95. The second-order valence-electron chi connectivity index (χ2n) is 4.86. The van der Waals surface area contributed by atoms with E-state index in [-0.39, 0.29) is 0 Å². The number of likely N-dealkylation sites (tertiary alicyclic amines) is 1. The molecule has 0 aliphatic carbocycles. The summed E-state index contributed by atoms with van der Waals surface area (Å²) in [6.45, 7) is 6.04. The van der Waals surface area contributed by atoms with E-state index in [0.717, 1.165) is 25.3 Å². The highest BCUT2D eigenvalue weighted by atomic mass is 15.1. The molecule has 4 heteroatoms. The van der Waals surface area contributed by atoms with Crippen LogP contribution in [0.4, 0.5) is 0 Å². The SMILES string of the molecule is Cn1ccnc1CCNCCCN1CCCC1. The molecule has 96 valence electrons. The first kappa shape index (κ1) is 12.6. The average molecular weight is 236 g/mol. The Hall–Kier alpha value is -0.870. The van der Waals surface area contributed by atoms with Crippen LogP contribution in [-0.2, 0) is 13.5 Å². The summed E-state index contributed by atoms with van der Waals surface area (Å²) < 4.78 is 2.09. The molecule has 1 aromatic heterocycles.